The number of alkyl halides is 1. The molecule has 1 amide bonds. The smallest absolute Gasteiger partial charge is 0.410 e. The summed E-state index contributed by atoms with van der Waals surface area (Å²) in [6.07, 6.45) is -0.563. The van der Waals surface area contributed by atoms with E-state index in [0.29, 0.717) is 16.8 Å². The van der Waals surface area contributed by atoms with Gasteiger partial charge in [-0.2, -0.15) is 0 Å². The summed E-state index contributed by atoms with van der Waals surface area (Å²) < 4.78 is 5.04. The van der Waals surface area contributed by atoms with Crippen LogP contribution in [0.25, 0.3) is 0 Å². The first kappa shape index (κ1) is 11.9. The van der Waals surface area contributed by atoms with Gasteiger partial charge in [-0.05, 0) is 12.1 Å². The maximum atomic E-state index is 11.5. The van der Waals surface area contributed by atoms with Gasteiger partial charge in [-0.25, -0.2) is 9.78 Å². The molecule has 1 aromatic carbocycles. The van der Waals surface area contributed by atoms with Crippen LogP contribution in [0.1, 0.15) is 5.69 Å². The molecular weight excluding hydrogens is 260 g/mol. The molecule has 0 aliphatic carbocycles. The van der Waals surface area contributed by atoms with Crippen molar-refractivity contribution < 1.29 is 9.53 Å². The van der Waals surface area contributed by atoms with E-state index in [9.17, 15) is 4.79 Å². The Hall–Kier alpha value is -1.59. The highest BCUT2D eigenvalue weighted by atomic mass is 35.5. The fourth-order valence-corrected chi connectivity index (χ4v) is 2.06. The first-order valence-electron chi connectivity index (χ1n) is 4.82. The van der Waals surface area contributed by atoms with E-state index < -0.39 is 6.09 Å². The molecule has 4 nitrogen and oxygen atoms in total. The SMILES string of the molecule is O=C(Nc1nc(CCl)cs1)Oc1ccccc1. The van der Waals surface area contributed by atoms with E-state index in [1.807, 2.05) is 6.07 Å². The fraction of sp³-hybridized carbons (Fsp3) is 0.0909. The van der Waals surface area contributed by atoms with Crippen LogP contribution in [-0.4, -0.2) is 11.1 Å². The van der Waals surface area contributed by atoms with Crippen LogP contribution in [-0.2, 0) is 5.88 Å². The summed E-state index contributed by atoms with van der Waals surface area (Å²) in [6.45, 7) is 0. The maximum absolute atomic E-state index is 11.5. The van der Waals surface area contributed by atoms with Gasteiger partial charge in [-0.1, -0.05) is 18.2 Å². The first-order valence-corrected chi connectivity index (χ1v) is 6.23. The minimum absolute atomic E-state index is 0.325. The molecule has 2 aromatic rings. The topological polar surface area (TPSA) is 51.2 Å². The van der Waals surface area contributed by atoms with Crippen LogP contribution in [0.2, 0.25) is 0 Å². The van der Waals surface area contributed by atoms with E-state index in [1.54, 1.807) is 29.6 Å². The maximum Gasteiger partial charge on any atom is 0.418 e. The van der Waals surface area contributed by atoms with E-state index >= 15 is 0 Å². The Kier molecular flexibility index (Phi) is 3.95. The second-order valence-electron chi connectivity index (χ2n) is 3.11. The van der Waals surface area contributed by atoms with Gasteiger partial charge in [0.15, 0.2) is 5.13 Å². The lowest BCUT2D eigenvalue weighted by atomic mass is 10.3. The van der Waals surface area contributed by atoms with Crippen molar-refractivity contribution in [3.05, 3.63) is 41.4 Å². The van der Waals surface area contributed by atoms with Crippen LogP contribution in [0.4, 0.5) is 9.93 Å². The van der Waals surface area contributed by atoms with Crippen LogP contribution < -0.4 is 10.1 Å². The summed E-state index contributed by atoms with van der Waals surface area (Å²) in [6, 6.07) is 8.82. The fourth-order valence-electron chi connectivity index (χ4n) is 1.13. The van der Waals surface area contributed by atoms with E-state index in [1.165, 1.54) is 11.3 Å². The molecular formula is C11H9ClN2O2S. The number of thiazole rings is 1. The number of nitrogens with one attached hydrogen (secondary N) is 1. The van der Waals surface area contributed by atoms with Crippen molar-refractivity contribution in [3.8, 4) is 5.75 Å². The Morgan fingerprint density at radius 1 is 1.41 bits per heavy atom. The zero-order valence-corrected chi connectivity index (χ0v) is 10.3. The van der Waals surface area contributed by atoms with Crippen molar-refractivity contribution in [1.29, 1.82) is 0 Å². The average Bonchev–Trinajstić information content (AvgIpc) is 2.78. The van der Waals surface area contributed by atoms with Crippen LogP contribution in [0.3, 0.4) is 0 Å². The molecule has 0 radical (unpaired) electrons. The van der Waals surface area contributed by atoms with Crippen molar-refractivity contribution in [2.24, 2.45) is 0 Å². The molecule has 0 spiro atoms. The molecule has 88 valence electrons. The van der Waals surface area contributed by atoms with E-state index in [0.717, 1.165) is 5.69 Å². The Balaban J connectivity index is 1.93. The lowest BCUT2D eigenvalue weighted by Gasteiger charge is -2.03. The number of benzene rings is 1. The van der Waals surface area contributed by atoms with E-state index in [4.69, 9.17) is 16.3 Å². The number of amides is 1. The average molecular weight is 269 g/mol. The van der Waals surface area contributed by atoms with Crippen molar-refractivity contribution in [3.63, 3.8) is 0 Å². The minimum atomic E-state index is -0.563. The molecule has 0 bridgehead atoms. The van der Waals surface area contributed by atoms with Crippen molar-refractivity contribution in [1.82, 2.24) is 4.98 Å². The Labute approximate surface area is 107 Å². The standard InChI is InChI=1S/C11H9ClN2O2S/c12-6-8-7-17-10(13-8)14-11(15)16-9-4-2-1-3-5-9/h1-5,7H,6H2,(H,13,14,15). The molecule has 17 heavy (non-hydrogen) atoms. The summed E-state index contributed by atoms with van der Waals surface area (Å²) in [5.41, 5.74) is 0.728. The molecule has 0 saturated heterocycles. The molecule has 0 atom stereocenters. The zero-order valence-electron chi connectivity index (χ0n) is 8.72. The lowest BCUT2D eigenvalue weighted by Crippen LogP contribution is -2.16. The van der Waals surface area contributed by atoms with Gasteiger partial charge >= 0.3 is 6.09 Å². The van der Waals surface area contributed by atoms with Gasteiger partial charge in [-0.3, -0.25) is 5.32 Å². The summed E-state index contributed by atoms with van der Waals surface area (Å²) in [5, 5.41) is 4.79. The summed E-state index contributed by atoms with van der Waals surface area (Å²) in [7, 11) is 0. The normalized spacial score (nSPS) is 9.94. The number of halogens is 1. The second-order valence-corrected chi connectivity index (χ2v) is 4.23. The largest absolute Gasteiger partial charge is 0.418 e. The quantitative estimate of drug-likeness (QED) is 0.867. The van der Waals surface area contributed by atoms with E-state index in [-0.39, 0.29) is 0 Å². The summed E-state index contributed by atoms with van der Waals surface area (Å²) in [5.74, 6) is 0.811. The van der Waals surface area contributed by atoms with Crippen LogP contribution in [0, 0.1) is 0 Å². The molecule has 1 heterocycles. The third-order valence-electron chi connectivity index (χ3n) is 1.85. The molecule has 0 fully saturated rings. The number of aromatic nitrogens is 1. The number of anilines is 1. The van der Waals surface area contributed by atoms with Gasteiger partial charge in [0.05, 0.1) is 11.6 Å². The Morgan fingerprint density at radius 3 is 2.82 bits per heavy atom. The number of carbonyl (C=O) groups is 1. The molecule has 0 saturated carbocycles. The number of para-hydroxylation sites is 1. The van der Waals surface area contributed by atoms with Crippen molar-refractivity contribution >= 4 is 34.2 Å². The van der Waals surface area contributed by atoms with Gasteiger partial charge in [0.2, 0.25) is 0 Å². The number of hydrogen-bond acceptors (Lipinski definition) is 4. The monoisotopic (exact) mass is 268 g/mol. The van der Waals surface area contributed by atoms with Crippen LogP contribution in [0.15, 0.2) is 35.7 Å². The molecule has 6 heteroatoms. The van der Waals surface area contributed by atoms with Crippen LogP contribution >= 0.6 is 22.9 Å². The third kappa shape index (κ3) is 3.44. The molecule has 0 aliphatic rings. The molecule has 0 aliphatic heterocycles. The van der Waals surface area contributed by atoms with Crippen molar-refractivity contribution in [2.45, 2.75) is 5.88 Å². The van der Waals surface area contributed by atoms with Crippen LogP contribution in [0.5, 0.6) is 5.75 Å². The highest BCUT2D eigenvalue weighted by Gasteiger charge is 2.07. The van der Waals surface area contributed by atoms with Gasteiger partial charge in [0, 0.05) is 5.38 Å². The number of nitrogens with zero attached hydrogens (tertiary/aromatic N) is 1. The minimum Gasteiger partial charge on any atom is -0.410 e. The predicted molar refractivity (Wildman–Crippen MR) is 67.8 cm³/mol. The van der Waals surface area contributed by atoms with Gasteiger partial charge < -0.3 is 4.74 Å². The number of carbonyl (C=O) groups excluding carboxylic acids is 1. The number of hydrogen-bond donors (Lipinski definition) is 1. The molecule has 1 N–H and O–H groups in total. The first-order chi connectivity index (χ1) is 8.28. The van der Waals surface area contributed by atoms with Crippen molar-refractivity contribution in [2.75, 3.05) is 5.32 Å². The number of rotatable bonds is 3. The van der Waals surface area contributed by atoms with Gasteiger partial charge in [0.1, 0.15) is 5.75 Å². The van der Waals surface area contributed by atoms with Gasteiger partial charge in [0.25, 0.3) is 0 Å². The number of ether oxygens (including phenoxy) is 1. The van der Waals surface area contributed by atoms with Gasteiger partial charge in [-0.15, -0.1) is 22.9 Å². The molecule has 1 aromatic heterocycles. The highest BCUT2D eigenvalue weighted by molar-refractivity contribution is 7.13. The second kappa shape index (κ2) is 5.65. The third-order valence-corrected chi connectivity index (χ3v) is 2.93. The lowest BCUT2D eigenvalue weighted by molar-refractivity contribution is 0.215. The molecule has 0 unspecified atom stereocenters. The molecule has 2 rings (SSSR count). The zero-order chi connectivity index (χ0) is 12.1. The Bertz CT molecular complexity index is 501. The highest BCUT2D eigenvalue weighted by Crippen LogP contribution is 2.17. The van der Waals surface area contributed by atoms with E-state index in [2.05, 4.69) is 10.3 Å². The summed E-state index contributed by atoms with van der Waals surface area (Å²) in [4.78, 5) is 15.6. The Morgan fingerprint density at radius 2 is 2.18 bits per heavy atom. The predicted octanol–water partition coefficient (Wildman–Crippen LogP) is 3.49. The summed E-state index contributed by atoms with van der Waals surface area (Å²) >= 11 is 6.91.